The summed E-state index contributed by atoms with van der Waals surface area (Å²) < 4.78 is 5.84. The van der Waals surface area contributed by atoms with Crippen molar-refractivity contribution in [2.75, 3.05) is 31.6 Å². The molecule has 5 nitrogen and oxygen atoms in total. The van der Waals surface area contributed by atoms with Crippen molar-refractivity contribution in [1.29, 1.82) is 0 Å². The topological polar surface area (TPSA) is 61.8 Å². The molecule has 1 unspecified atom stereocenters. The number of aliphatic hydroxyl groups is 1. The number of ether oxygens (including phenoxy) is 1. The Kier molecular flexibility index (Phi) is 3.99. The summed E-state index contributed by atoms with van der Waals surface area (Å²) in [4.78, 5) is 15.2. The SMILES string of the molecule is O=C(c1cccc2c1NCCC2)N1CCOC2C[C@H](CO)C[C@@H]21. The number of carbonyl (C=O) groups excluding carboxylic acids is 1. The van der Waals surface area contributed by atoms with E-state index in [4.69, 9.17) is 4.74 Å². The molecule has 5 heteroatoms. The van der Waals surface area contributed by atoms with Crippen molar-refractivity contribution in [3.05, 3.63) is 29.3 Å². The number of nitrogens with zero attached hydrogens (tertiary/aromatic N) is 1. The van der Waals surface area contributed by atoms with Crippen molar-refractivity contribution in [2.45, 2.75) is 37.8 Å². The van der Waals surface area contributed by atoms with Gasteiger partial charge in [0.15, 0.2) is 0 Å². The lowest BCUT2D eigenvalue weighted by Gasteiger charge is -2.38. The first kappa shape index (κ1) is 15.0. The highest BCUT2D eigenvalue weighted by molar-refractivity contribution is 6.00. The quantitative estimate of drug-likeness (QED) is 0.871. The third-order valence-corrected chi connectivity index (χ3v) is 5.46. The lowest BCUT2D eigenvalue weighted by Crippen LogP contribution is -2.51. The van der Waals surface area contributed by atoms with Gasteiger partial charge in [-0.05, 0) is 43.2 Å². The van der Waals surface area contributed by atoms with Crippen molar-refractivity contribution in [3.63, 3.8) is 0 Å². The Morgan fingerprint density at radius 2 is 2.30 bits per heavy atom. The predicted molar refractivity (Wildman–Crippen MR) is 87.6 cm³/mol. The monoisotopic (exact) mass is 316 g/mol. The van der Waals surface area contributed by atoms with Crippen LogP contribution in [0.3, 0.4) is 0 Å². The van der Waals surface area contributed by atoms with Gasteiger partial charge in [0.2, 0.25) is 0 Å². The normalized spacial score (nSPS) is 29.6. The summed E-state index contributed by atoms with van der Waals surface area (Å²) in [5.74, 6) is 0.356. The van der Waals surface area contributed by atoms with E-state index in [1.165, 1.54) is 5.56 Å². The first-order valence-corrected chi connectivity index (χ1v) is 8.67. The van der Waals surface area contributed by atoms with Gasteiger partial charge in [-0.15, -0.1) is 0 Å². The molecule has 1 saturated heterocycles. The van der Waals surface area contributed by atoms with Crippen LogP contribution >= 0.6 is 0 Å². The van der Waals surface area contributed by atoms with E-state index in [0.717, 1.165) is 43.5 Å². The van der Waals surface area contributed by atoms with E-state index in [2.05, 4.69) is 11.4 Å². The summed E-state index contributed by atoms with van der Waals surface area (Å²) in [5, 5.41) is 12.9. The maximum atomic E-state index is 13.2. The smallest absolute Gasteiger partial charge is 0.256 e. The largest absolute Gasteiger partial charge is 0.396 e. The van der Waals surface area contributed by atoms with Crippen LogP contribution in [0.1, 0.15) is 35.2 Å². The highest BCUT2D eigenvalue weighted by atomic mass is 16.5. The zero-order valence-corrected chi connectivity index (χ0v) is 13.3. The van der Waals surface area contributed by atoms with Crippen molar-refractivity contribution in [3.8, 4) is 0 Å². The molecule has 2 heterocycles. The van der Waals surface area contributed by atoms with Crippen molar-refractivity contribution in [2.24, 2.45) is 5.92 Å². The first-order chi connectivity index (χ1) is 11.3. The molecule has 1 amide bonds. The molecule has 2 fully saturated rings. The number of carbonyl (C=O) groups is 1. The van der Waals surface area contributed by atoms with Crippen LogP contribution in [0.5, 0.6) is 0 Å². The Morgan fingerprint density at radius 3 is 3.17 bits per heavy atom. The molecule has 3 atom stereocenters. The van der Waals surface area contributed by atoms with Gasteiger partial charge in [-0.3, -0.25) is 4.79 Å². The molecule has 0 radical (unpaired) electrons. The van der Waals surface area contributed by atoms with Crippen LogP contribution in [0.4, 0.5) is 5.69 Å². The number of hydrogen-bond donors (Lipinski definition) is 2. The molecule has 1 aliphatic carbocycles. The average molecular weight is 316 g/mol. The van der Waals surface area contributed by atoms with Crippen LogP contribution < -0.4 is 5.32 Å². The number of para-hydroxylation sites is 1. The van der Waals surface area contributed by atoms with Crippen molar-refractivity contribution in [1.82, 2.24) is 4.90 Å². The Hall–Kier alpha value is -1.59. The van der Waals surface area contributed by atoms with Crippen LogP contribution in [-0.4, -0.2) is 54.4 Å². The first-order valence-electron chi connectivity index (χ1n) is 8.67. The Balaban J connectivity index is 1.61. The van der Waals surface area contributed by atoms with E-state index < -0.39 is 0 Å². The molecule has 0 spiro atoms. The molecule has 1 aromatic rings. The Labute approximate surface area is 136 Å². The minimum Gasteiger partial charge on any atom is -0.396 e. The molecular weight excluding hydrogens is 292 g/mol. The highest BCUT2D eigenvalue weighted by Gasteiger charge is 2.43. The van der Waals surface area contributed by atoms with Crippen LogP contribution in [0.2, 0.25) is 0 Å². The van der Waals surface area contributed by atoms with Crippen LogP contribution in [0.15, 0.2) is 18.2 Å². The van der Waals surface area contributed by atoms with Gasteiger partial charge in [0.05, 0.1) is 30.0 Å². The van der Waals surface area contributed by atoms with Gasteiger partial charge >= 0.3 is 0 Å². The molecule has 0 bridgehead atoms. The van der Waals surface area contributed by atoms with Gasteiger partial charge in [-0.2, -0.15) is 0 Å². The number of rotatable bonds is 2. The minimum absolute atomic E-state index is 0.0809. The van der Waals surface area contributed by atoms with E-state index >= 15 is 0 Å². The fraction of sp³-hybridized carbons (Fsp3) is 0.611. The maximum Gasteiger partial charge on any atom is 0.256 e. The number of morpholine rings is 1. The van der Waals surface area contributed by atoms with E-state index in [-0.39, 0.29) is 30.6 Å². The van der Waals surface area contributed by atoms with Crippen molar-refractivity contribution < 1.29 is 14.6 Å². The van der Waals surface area contributed by atoms with Gasteiger partial charge in [-0.1, -0.05) is 12.1 Å². The summed E-state index contributed by atoms with van der Waals surface area (Å²) in [6.07, 6.45) is 3.93. The lowest BCUT2D eigenvalue weighted by molar-refractivity contribution is -0.0448. The van der Waals surface area contributed by atoms with Crippen LogP contribution in [0, 0.1) is 5.92 Å². The van der Waals surface area contributed by atoms with Gasteiger partial charge in [-0.25, -0.2) is 0 Å². The van der Waals surface area contributed by atoms with Gasteiger partial charge in [0, 0.05) is 19.7 Å². The molecule has 2 N–H and O–H groups in total. The molecule has 0 aromatic heterocycles. The second-order valence-electron chi connectivity index (χ2n) is 6.87. The average Bonchev–Trinajstić information content (AvgIpc) is 3.04. The number of aryl methyl sites for hydroxylation is 1. The third-order valence-electron chi connectivity index (χ3n) is 5.46. The fourth-order valence-corrected chi connectivity index (χ4v) is 4.29. The Morgan fingerprint density at radius 1 is 1.39 bits per heavy atom. The molecule has 124 valence electrons. The molecule has 23 heavy (non-hydrogen) atoms. The van der Waals surface area contributed by atoms with E-state index in [9.17, 15) is 9.90 Å². The Bertz CT molecular complexity index is 604. The lowest BCUT2D eigenvalue weighted by atomic mass is 9.98. The standard InChI is InChI=1S/C18H24N2O3/c21-11-12-9-15-16(10-12)23-8-7-20(15)18(22)14-5-1-3-13-4-2-6-19-17(13)14/h1,3,5,12,15-16,19,21H,2,4,6-11H2/t12-,15+,16?/m1/s1. The number of hydrogen-bond acceptors (Lipinski definition) is 4. The van der Waals surface area contributed by atoms with Crippen molar-refractivity contribution >= 4 is 11.6 Å². The maximum absolute atomic E-state index is 13.2. The third kappa shape index (κ3) is 2.62. The van der Waals surface area contributed by atoms with Gasteiger partial charge in [0.25, 0.3) is 5.91 Å². The second kappa shape index (κ2) is 6.13. The number of nitrogens with one attached hydrogen (secondary N) is 1. The van der Waals surface area contributed by atoms with E-state index in [1.807, 2.05) is 17.0 Å². The van der Waals surface area contributed by atoms with E-state index in [0.29, 0.717) is 13.2 Å². The summed E-state index contributed by atoms with van der Waals surface area (Å²) in [5.41, 5.74) is 3.05. The predicted octanol–water partition coefficient (Wildman–Crippen LogP) is 1.66. The number of benzene rings is 1. The van der Waals surface area contributed by atoms with Crippen LogP contribution in [0.25, 0.3) is 0 Å². The zero-order valence-electron chi connectivity index (χ0n) is 13.3. The second-order valence-corrected chi connectivity index (χ2v) is 6.87. The summed E-state index contributed by atoms with van der Waals surface area (Å²) in [6.45, 7) is 2.34. The van der Waals surface area contributed by atoms with Gasteiger partial charge < -0.3 is 20.1 Å². The molecule has 1 saturated carbocycles. The number of anilines is 1. The highest BCUT2D eigenvalue weighted by Crippen LogP contribution is 2.36. The summed E-state index contributed by atoms with van der Waals surface area (Å²) in [7, 11) is 0. The summed E-state index contributed by atoms with van der Waals surface area (Å²) >= 11 is 0. The number of fused-ring (bicyclic) bond motifs is 2. The molecule has 3 aliphatic rings. The van der Waals surface area contributed by atoms with Crippen LogP contribution in [-0.2, 0) is 11.2 Å². The molecule has 1 aromatic carbocycles. The number of amides is 1. The molecule has 4 rings (SSSR count). The number of aliphatic hydroxyl groups excluding tert-OH is 1. The molecule has 2 aliphatic heterocycles. The molecular formula is C18H24N2O3. The summed E-state index contributed by atoms with van der Waals surface area (Å²) in [6, 6.07) is 6.13. The zero-order chi connectivity index (χ0) is 15.8. The van der Waals surface area contributed by atoms with E-state index in [1.54, 1.807) is 0 Å². The fourth-order valence-electron chi connectivity index (χ4n) is 4.29. The minimum atomic E-state index is 0.0809. The van der Waals surface area contributed by atoms with Gasteiger partial charge in [0.1, 0.15) is 0 Å².